The Morgan fingerprint density at radius 1 is 1.37 bits per heavy atom. The number of benzene rings is 1. The first-order valence-electron chi connectivity index (χ1n) is 9.35. The topological polar surface area (TPSA) is 88.3 Å². The van der Waals surface area contributed by atoms with E-state index in [1.54, 1.807) is 6.92 Å². The lowest BCUT2D eigenvalue weighted by Gasteiger charge is -2.38. The van der Waals surface area contributed by atoms with Crippen LogP contribution in [0.5, 0.6) is 0 Å². The molecule has 0 radical (unpaired) electrons. The molecule has 1 aliphatic carbocycles. The molecule has 27 heavy (non-hydrogen) atoms. The number of aryl methyl sites for hydroxylation is 2. The van der Waals surface area contributed by atoms with Crippen LogP contribution in [0, 0.1) is 12.8 Å². The summed E-state index contributed by atoms with van der Waals surface area (Å²) in [4.78, 5) is 17.5. The van der Waals surface area contributed by atoms with Crippen LogP contribution in [0.4, 0.5) is 0 Å². The maximum Gasteiger partial charge on any atom is 0.257 e. The number of hydrogen-bond donors (Lipinski definition) is 2. The second kappa shape index (κ2) is 7.12. The lowest BCUT2D eigenvalue weighted by molar-refractivity contribution is 0.0234. The highest BCUT2D eigenvalue weighted by Gasteiger charge is 2.36. The predicted octanol–water partition coefficient (Wildman–Crippen LogP) is 3.34. The Morgan fingerprint density at radius 2 is 2.15 bits per heavy atom. The van der Waals surface area contributed by atoms with Crippen molar-refractivity contribution >= 4 is 16.8 Å². The van der Waals surface area contributed by atoms with E-state index in [-0.39, 0.29) is 24.0 Å². The molecule has 2 heterocycles. The number of nitrogens with one attached hydrogen (secondary N) is 1. The Labute approximate surface area is 157 Å². The number of carbonyl (C=O) groups is 1. The summed E-state index contributed by atoms with van der Waals surface area (Å²) in [7, 11) is 0. The summed E-state index contributed by atoms with van der Waals surface area (Å²) in [5, 5.41) is 17.9. The molecule has 2 aromatic heterocycles. The third-order valence-corrected chi connectivity index (χ3v) is 5.37. The van der Waals surface area contributed by atoms with E-state index in [1.807, 2.05) is 37.4 Å². The summed E-state index contributed by atoms with van der Waals surface area (Å²) in [6.45, 7) is 3.70. The van der Waals surface area contributed by atoms with Crippen LogP contribution in [-0.2, 0) is 6.42 Å². The van der Waals surface area contributed by atoms with Crippen LogP contribution in [0.25, 0.3) is 10.9 Å². The molecule has 1 fully saturated rings. The van der Waals surface area contributed by atoms with Gasteiger partial charge in [0, 0.05) is 11.6 Å². The van der Waals surface area contributed by atoms with Crippen LogP contribution in [0.15, 0.2) is 41.1 Å². The van der Waals surface area contributed by atoms with Crippen LogP contribution in [0.1, 0.15) is 53.2 Å². The predicted molar refractivity (Wildman–Crippen MR) is 101 cm³/mol. The first kappa shape index (κ1) is 17.7. The average molecular weight is 365 g/mol. The van der Waals surface area contributed by atoms with Gasteiger partial charge in [0.15, 0.2) is 0 Å². The molecule has 6 heteroatoms. The third-order valence-electron chi connectivity index (χ3n) is 5.37. The second-order valence-corrected chi connectivity index (χ2v) is 7.21. The van der Waals surface area contributed by atoms with Gasteiger partial charge in [0.05, 0.1) is 23.4 Å². The maximum atomic E-state index is 13.0. The van der Waals surface area contributed by atoms with Crippen molar-refractivity contribution < 1.29 is 14.4 Å². The fourth-order valence-corrected chi connectivity index (χ4v) is 3.80. The van der Waals surface area contributed by atoms with E-state index in [9.17, 15) is 9.90 Å². The maximum absolute atomic E-state index is 13.0. The van der Waals surface area contributed by atoms with Gasteiger partial charge < -0.3 is 14.9 Å². The van der Waals surface area contributed by atoms with Gasteiger partial charge in [-0.2, -0.15) is 0 Å². The van der Waals surface area contributed by atoms with Crippen molar-refractivity contribution in [3.8, 4) is 0 Å². The molecule has 2 N–H and O–H groups in total. The van der Waals surface area contributed by atoms with E-state index in [2.05, 4.69) is 21.5 Å². The quantitative estimate of drug-likeness (QED) is 0.724. The van der Waals surface area contributed by atoms with E-state index in [4.69, 9.17) is 4.52 Å². The van der Waals surface area contributed by atoms with Crippen molar-refractivity contribution in [2.24, 2.45) is 5.92 Å². The van der Waals surface area contributed by atoms with Gasteiger partial charge in [-0.3, -0.25) is 9.78 Å². The van der Waals surface area contributed by atoms with Crippen LogP contribution in [0.3, 0.4) is 0 Å². The number of nitrogens with zero attached hydrogens (tertiary/aromatic N) is 2. The molecule has 0 saturated heterocycles. The van der Waals surface area contributed by atoms with E-state index < -0.39 is 0 Å². The van der Waals surface area contributed by atoms with Crippen molar-refractivity contribution in [3.05, 3.63) is 59.1 Å². The minimum Gasteiger partial charge on any atom is -0.393 e. The number of aromatic nitrogens is 2. The van der Waals surface area contributed by atoms with Crippen molar-refractivity contribution in [1.82, 2.24) is 15.5 Å². The number of aliphatic hydroxyl groups excluding tert-OH is 1. The van der Waals surface area contributed by atoms with Crippen molar-refractivity contribution in [2.45, 2.75) is 45.3 Å². The van der Waals surface area contributed by atoms with Gasteiger partial charge in [-0.1, -0.05) is 30.3 Å². The lowest BCUT2D eigenvalue weighted by Crippen LogP contribution is -2.41. The van der Waals surface area contributed by atoms with Gasteiger partial charge in [0.2, 0.25) is 0 Å². The molecule has 140 valence electrons. The molecule has 1 unspecified atom stereocenters. The van der Waals surface area contributed by atoms with E-state index in [0.717, 1.165) is 16.5 Å². The number of hydrogen-bond acceptors (Lipinski definition) is 5. The molecule has 4 rings (SSSR count). The Balaban J connectivity index is 1.66. The van der Waals surface area contributed by atoms with Crippen molar-refractivity contribution in [1.29, 1.82) is 0 Å². The molecule has 0 bridgehead atoms. The Bertz CT molecular complexity index is 976. The Kier molecular flexibility index (Phi) is 4.66. The summed E-state index contributed by atoms with van der Waals surface area (Å²) in [5.74, 6) is 0.510. The highest BCUT2D eigenvalue weighted by atomic mass is 16.5. The zero-order chi connectivity index (χ0) is 19.0. The fraction of sp³-hybridized carbons (Fsp3) is 0.381. The summed E-state index contributed by atoms with van der Waals surface area (Å²) >= 11 is 0. The first-order chi connectivity index (χ1) is 13.1. The smallest absolute Gasteiger partial charge is 0.257 e. The molecule has 1 saturated carbocycles. The largest absolute Gasteiger partial charge is 0.393 e. The molecule has 1 amide bonds. The van der Waals surface area contributed by atoms with Gasteiger partial charge in [-0.15, -0.1) is 0 Å². The van der Waals surface area contributed by atoms with Crippen LogP contribution < -0.4 is 5.32 Å². The van der Waals surface area contributed by atoms with Gasteiger partial charge in [0.1, 0.15) is 11.3 Å². The molecular weight excluding hydrogens is 342 g/mol. The number of fused-ring (bicyclic) bond motifs is 1. The molecule has 1 atom stereocenters. The van der Waals surface area contributed by atoms with Gasteiger partial charge in [-0.25, -0.2) is 0 Å². The zero-order valence-electron chi connectivity index (χ0n) is 15.5. The van der Waals surface area contributed by atoms with Gasteiger partial charge >= 0.3 is 0 Å². The third kappa shape index (κ3) is 3.32. The fourth-order valence-electron chi connectivity index (χ4n) is 3.80. The molecule has 0 spiro atoms. The van der Waals surface area contributed by atoms with Crippen molar-refractivity contribution in [2.75, 3.05) is 0 Å². The summed E-state index contributed by atoms with van der Waals surface area (Å²) in [6.07, 6.45) is 3.48. The Hall–Kier alpha value is -2.73. The highest BCUT2D eigenvalue weighted by Crippen LogP contribution is 2.38. The number of amides is 1. The number of para-hydroxylation sites is 1. The van der Waals surface area contributed by atoms with E-state index in [0.29, 0.717) is 36.3 Å². The van der Waals surface area contributed by atoms with Gasteiger partial charge in [0.25, 0.3) is 5.91 Å². The first-order valence-corrected chi connectivity index (χ1v) is 9.35. The average Bonchev–Trinajstić information content (AvgIpc) is 3.04. The molecule has 3 aromatic rings. The SMILES string of the molecule is CCc1noc(C)c1C(=O)NC(c1cnc2ccccc2c1)C1CC(O)C1. The number of rotatable bonds is 5. The van der Waals surface area contributed by atoms with Gasteiger partial charge in [-0.05, 0) is 49.8 Å². The van der Waals surface area contributed by atoms with Crippen molar-refractivity contribution in [3.63, 3.8) is 0 Å². The number of pyridine rings is 1. The monoisotopic (exact) mass is 365 g/mol. The number of aliphatic hydroxyl groups is 1. The lowest BCUT2D eigenvalue weighted by atomic mass is 9.75. The molecule has 1 aliphatic rings. The minimum absolute atomic E-state index is 0.178. The van der Waals surface area contributed by atoms with E-state index in [1.165, 1.54) is 0 Å². The summed E-state index contributed by atoms with van der Waals surface area (Å²) < 4.78 is 5.21. The van der Waals surface area contributed by atoms with Crippen LogP contribution in [0.2, 0.25) is 0 Å². The normalized spacial score (nSPS) is 20.3. The second-order valence-electron chi connectivity index (χ2n) is 7.21. The highest BCUT2D eigenvalue weighted by molar-refractivity contribution is 5.96. The van der Waals surface area contributed by atoms with Crippen LogP contribution >= 0.6 is 0 Å². The Morgan fingerprint density at radius 3 is 2.89 bits per heavy atom. The summed E-state index contributed by atoms with van der Waals surface area (Å²) in [5.41, 5.74) is 3.04. The minimum atomic E-state index is -0.300. The molecule has 0 aliphatic heterocycles. The number of carbonyl (C=O) groups excluding carboxylic acids is 1. The summed E-state index contributed by atoms with van der Waals surface area (Å²) in [6, 6.07) is 9.77. The van der Waals surface area contributed by atoms with E-state index >= 15 is 0 Å². The zero-order valence-corrected chi connectivity index (χ0v) is 15.5. The molecular formula is C21H23N3O3. The standard InChI is InChI=1S/C21H23N3O3/c1-3-17-19(12(2)27-24-17)21(26)23-20(14-9-16(25)10-14)15-8-13-6-4-5-7-18(13)22-11-15/h4-8,11,14,16,20,25H,3,9-10H2,1-2H3,(H,23,26). The van der Waals surface area contributed by atoms with Crippen LogP contribution in [-0.4, -0.2) is 27.3 Å². The molecule has 6 nitrogen and oxygen atoms in total. The molecule has 1 aromatic carbocycles.